The van der Waals surface area contributed by atoms with Gasteiger partial charge in [0.25, 0.3) is 5.91 Å². The lowest BCUT2D eigenvalue weighted by atomic mass is 10.1. The third-order valence-electron chi connectivity index (χ3n) is 5.97. The molecule has 37 heavy (non-hydrogen) atoms. The lowest BCUT2D eigenvalue weighted by molar-refractivity contribution is -0.126. The summed E-state index contributed by atoms with van der Waals surface area (Å²) < 4.78 is 12.1. The predicted octanol–water partition coefficient (Wildman–Crippen LogP) is 6.60. The van der Waals surface area contributed by atoms with Crippen molar-refractivity contribution in [3.63, 3.8) is 0 Å². The maximum Gasteiger partial charge on any atom is 0.264 e. The fourth-order valence-electron chi connectivity index (χ4n) is 4.03. The molecule has 0 atom stereocenters. The van der Waals surface area contributed by atoms with Gasteiger partial charge in [-0.15, -0.1) is 0 Å². The average Bonchev–Trinajstić information content (AvgIpc) is 2.93. The molecule has 0 bridgehead atoms. The molecule has 3 aromatic carbocycles. The first-order chi connectivity index (χ1) is 17.9. The highest BCUT2D eigenvalue weighted by molar-refractivity contribution is 9.10. The standard InChI is InChI=1S/C28H24BrCl2N3O3/c1-36-26-16-20(14-23(29)27(26)37-18-19-7-8-24(30)25(31)15-19)13-21(17-32)28(35)34-11-9-33(10-12-34)22-5-3-2-4-6-22/h2-8,13-16H,9-12,18H2,1H3/b21-13-. The summed E-state index contributed by atoms with van der Waals surface area (Å²) in [6.07, 6.45) is 1.57. The number of ether oxygens (including phenoxy) is 2. The molecular formula is C28H24BrCl2N3O3. The highest BCUT2D eigenvalue weighted by atomic mass is 79.9. The van der Waals surface area contributed by atoms with Gasteiger partial charge in [0.1, 0.15) is 18.2 Å². The van der Waals surface area contributed by atoms with Gasteiger partial charge in [-0.1, -0.05) is 47.5 Å². The van der Waals surface area contributed by atoms with E-state index in [4.69, 9.17) is 32.7 Å². The number of nitriles is 1. The summed E-state index contributed by atoms with van der Waals surface area (Å²) in [6.45, 7) is 2.75. The van der Waals surface area contributed by atoms with Crippen LogP contribution in [0, 0.1) is 11.3 Å². The van der Waals surface area contributed by atoms with Crippen molar-refractivity contribution in [1.82, 2.24) is 4.90 Å². The van der Waals surface area contributed by atoms with Crippen LogP contribution < -0.4 is 14.4 Å². The van der Waals surface area contributed by atoms with Gasteiger partial charge in [-0.05, 0) is 69.5 Å². The summed E-state index contributed by atoms with van der Waals surface area (Å²) >= 11 is 15.6. The van der Waals surface area contributed by atoms with Crippen molar-refractivity contribution in [3.8, 4) is 17.6 Å². The van der Waals surface area contributed by atoms with Gasteiger partial charge in [-0.2, -0.15) is 5.26 Å². The third kappa shape index (κ3) is 6.58. The number of para-hydroxylation sites is 1. The van der Waals surface area contributed by atoms with Gasteiger partial charge in [0.2, 0.25) is 0 Å². The van der Waals surface area contributed by atoms with Crippen LogP contribution in [0.2, 0.25) is 10.0 Å². The van der Waals surface area contributed by atoms with Crippen LogP contribution in [0.1, 0.15) is 11.1 Å². The summed E-state index contributed by atoms with van der Waals surface area (Å²) in [6, 6.07) is 21.0. The van der Waals surface area contributed by atoms with Gasteiger partial charge in [0, 0.05) is 31.9 Å². The van der Waals surface area contributed by atoms with Gasteiger partial charge >= 0.3 is 0 Å². The first kappa shape index (κ1) is 26.9. The first-order valence-electron chi connectivity index (χ1n) is 11.5. The zero-order valence-electron chi connectivity index (χ0n) is 20.1. The SMILES string of the molecule is COc1cc(/C=C(/C#N)C(=O)N2CCN(c3ccccc3)CC2)cc(Br)c1OCc1ccc(Cl)c(Cl)c1. The number of piperazine rings is 1. The Balaban J connectivity index is 1.47. The number of carbonyl (C=O) groups is 1. The molecule has 0 spiro atoms. The molecule has 0 radical (unpaired) electrons. The number of hydrogen-bond donors (Lipinski definition) is 0. The zero-order valence-corrected chi connectivity index (χ0v) is 23.2. The van der Waals surface area contributed by atoms with Crippen molar-refractivity contribution in [1.29, 1.82) is 5.26 Å². The normalized spacial score (nSPS) is 13.8. The second kappa shape index (κ2) is 12.4. The van der Waals surface area contributed by atoms with E-state index in [2.05, 4.69) is 39.0 Å². The second-order valence-electron chi connectivity index (χ2n) is 8.36. The summed E-state index contributed by atoms with van der Waals surface area (Å²) in [4.78, 5) is 17.1. The molecule has 0 saturated carbocycles. The van der Waals surface area contributed by atoms with Crippen LogP contribution in [-0.4, -0.2) is 44.1 Å². The molecule has 6 nitrogen and oxygen atoms in total. The quantitative estimate of drug-likeness (QED) is 0.226. The molecule has 0 N–H and O–H groups in total. The van der Waals surface area contributed by atoms with Gasteiger partial charge < -0.3 is 19.3 Å². The Morgan fingerprint density at radius 2 is 1.78 bits per heavy atom. The number of hydrogen-bond acceptors (Lipinski definition) is 5. The molecule has 3 aromatic rings. The molecular weight excluding hydrogens is 577 g/mol. The minimum Gasteiger partial charge on any atom is -0.493 e. The van der Waals surface area contributed by atoms with Crippen molar-refractivity contribution < 1.29 is 14.3 Å². The molecule has 1 fully saturated rings. The Bertz CT molecular complexity index is 1350. The Labute approximate surface area is 234 Å². The minimum absolute atomic E-state index is 0.0617. The molecule has 0 aromatic heterocycles. The molecule has 190 valence electrons. The summed E-state index contributed by atoms with van der Waals surface area (Å²) in [7, 11) is 1.53. The summed E-state index contributed by atoms with van der Waals surface area (Å²) in [5.41, 5.74) is 2.67. The molecule has 0 aliphatic carbocycles. The van der Waals surface area contributed by atoms with Crippen molar-refractivity contribution in [2.75, 3.05) is 38.2 Å². The Hall–Kier alpha value is -3.18. The first-order valence-corrected chi connectivity index (χ1v) is 13.1. The molecule has 1 aliphatic heterocycles. The third-order valence-corrected chi connectivity index (χ3v) is 7.30. The molecule has 0 unspecified atom stereocenters. The number of benzene rings is 3. The maximum absolute atomic E-state index is 13.1. The number of nitrogens with zero attached hydrogens (tertiary/aromatic N) is 3. The van der Waals surface area contributed by atoms with Gasteiger partial charge in [0.05, 0.1) is 21.6 Å². The van der Waals surface area contributed by atoms with Crippen molar-refractivity contribution in [2.45, 2.75) is 6.61 Å². The van der Waals surface area contributed by atoms with E-state index >= 15 is 0 Å². The van der Waals surface area contributed by atoms with E-state index in [9.17, 15) is 10.1 Å². The fourth-order valence-corrected chi connectivity index (χ4v) is 4.93. The zero-order chi connectivity index (χ0) is 26.4. The van der Waals surface area contributed by atoms with Gasteiger partial charge in [-0.3, -0.25) is 4.79 Å². The van der Waals surface area contributed by atoms with Gasteiger partial charge in [0.15, 0.2) is 11.5 Å². The Morgan fingerprint density at radius 1 is 1.05 bits per heavy atom. The topological polar surface area (TPSA) is 65.8 Å². The van der Waals surface area contributed by atoms with Crippen molar-refractivity contribution in [3.05, 3.63) is 91.9 Å². The lowest BCUT2D eigenvalue weighted by Crippen LogP contribution is -2.49. The summed E-state index contributed by atoms with van der Waals surface area (Å²) in [5, 5.41) is 10.7. The van der Waals surface area contributed by atoms with E-state index in [0.717, 1.165) is 11.3 Å². The fraction of sp³-hybridized carbons (Fsp3) is 0.214. The van der Waals surface area contributed by atoms with E-state index < -0.39 is 0 Å². The van der Waals surface area contributed by atoms with E-state index in [1.165, 1.54) is 7.11 Å². The Kier molecular flexibility index (Phi) is 8.99. The van der Waals surface area contributed by atoms with Crippen LogP contribution in [0.3, 0.4) is 0 Å². The predicted molar refractivity (Wildman–Crippen MR) is 150 cm³/mol. The summed E-state index contributed by atoms with van der Waals surface area (Å²) in [5.74, 6) is 0.666. The van der Waals surface area contributed by atoms with E-state index in [1.54, 1.807) is 35.2 Å². The van der Waals surface area contributed by atoms with Crippen LogP contribution in [0.15, 0.2) is 70.7 Å². The monoisotopic (exact) mass is 599 g/mol. The van der Waals surface area contributed by atoms with Crippen molar-refractivity contribution >= 4 is 56.8 Å². The number of methoxy groups -OCH3 is 1. The number of anilines is 1. The second-order valence-corrected chi connectivity index (χ2v) is 10.0. The van der Waals surface area contributed by atoms with Crippen LogP contribution >= 0.6 is 39.1 Å². The van der Waals surface area contributed by atoms with E-state index in [-0.39, 0.29) is 18.1 Å². The molecule has 9 heteroatoms. The number of rotatable bonds is 7. The smallest absolute Gasteiger partial charge is 0.264 e. The van der Waals surface area contributed by atoms with Crippen LogP contribution in [0.5, 0.6) is 11.5 Å². The molecule has 1 amide bonds. The van der Waals surface area contributed by atoms with E-state index in [1.807, 2.05) is 24.3 Å². The number of amides is 1. The lowest BCUT2D eigenvalue weighted by Gasteiger charge is -2.36. The Morgan fingerprint density at radius 3 is 2.43 bits per heavy atom. The van der Waals surface area contributed by atoms with Crippen molar-refractivity contribution in [2.24, 2.45) is 0 Å². The van der Waals surface area contributed by atoms with Gasteiger partial charge in [-0.25, -0.2) is 0 Å². The molecule has 1 heterocycles. The van der Waals surface area contributed by atoms with E-state index in [0.29, 0.717) is 57.8 Å². The largest absolute Gasteiger partial charge is 0.493 e. The highest BCUT2D eigenvalue weighted by Crippen LogP contribution is 2.38. The minimum atomic E-state index is -0.287. The molecule has 1 saturated heterocycles. The molecule has 4 rings (SSSR count). The van der Waals surface area contributed by atoms with Crippen LogP contribution in [0.4, 0.5) is 5.69 Å². The van der Waals surface area contributed by atoms with Crippen LogP contribution in [0.25, 0.3) is 6.08 Å². The molecule has 1 aliphatic rings. The number of halogens is 3. The maximum atomic E-state index is 13.1. The highest BCUT2D eigenvalue weighted by Gasteiger charge is 2.24. The average molecular weight is 601 g/mol. The number of carbonyl (C=O) groups excluding carboxylic acids is 1. The van der Waals surface area contributed by atoms with Crippen LogP contribution in [-0.2, 0) is 11.4 Å².